The molecule has 0 unspecified atom stereocenters. The summed E-state index contributed by atoms with van der Waals surface area (Å²) in [5.74, 6) is 2.40. The maximum atomic E-state index is 5.93. The van der Waals surface area contributed by atoms with Gasteiger partial charge in [0.25, 0.3) is 0 Å². The molecule has 1 aromatic heterocycles. The molecule has 0 bridgehead atoms. The van der Waals surface area contributed by atoms with Gasteiger partial charge < -0.3 is 19.4 Å². The van der Waals surface area contributed by atoms with Gasteiger partial charge >= 0.3 is 0 Å². The number of aryl methyl sites for hydroxylation is 1. The van der Waals surface area contributed by atoms with Crippen molar-refractivity contribution in [1.82, 2.24) is 14.9 Å². The van der Waals surface area contributed by atoms with Crippen LogP contribution in [0.15, 0.2) is 30.6 Å². The molecule has 5 nitrogen and oxygen atoms in total. The first-order valence-electron chi connectivity index (χ1n) is 6.71. The topological polar surface area (TPSA) is 48.3 Å². The molecular formula is C15H21N3O2. The van der Waals surface area contributed by atoms with Crippen LogP contribution in [-0.2, 0) is 20.2 Å². The first kappa shape index (κ1) is 14.4. The zero-order valence-electron chi connectivity index (χ0n) is 12.2. The predicted octanol–water partition coefficient (Wildman–Crippen LogP) is 2.12. The van der Waals surface area contributed by atoms with Crippen molar-refractivity contribution in [2.75, 3.05) is 13.7 Å². The molecule has 2 rings (SSSR count). The lowest BCUT2D eigenvalue weighted by Gasteiger charge is -2.15. The van der Waals surface area contributed by atoms with E-state index in [4.69, 9.17) is 9.47 Å². The second kappa shape index (κ2) is 6.96. The Hall–Kier alpha value is -2.01. The molecule has 0 aliphatic heterocycles. The number of benzene rings is 1. The van der Waals surface area contributed by atoms with Crippen LogP contribution in [0.4, 0.5) is 0 Å². The van der Waals surface area contributed by atoms with Crippen molar-refractivity contribution < 1.29 is 9.47 Å². The highest BCUT2D eigenvalue weighted by atomic mass is 16.5. The van der Waals surface area contributed by atoms with Crippen LogP contribution in [0.1, 0.15) is 18.3 Å². The van der Waals surface area contributed by atoms with Crippen molar-refractivity contribution in [3.8, 4) is 11.5 Å². The van der Waals surface area contributed by atoms with E-state index in [1.165, 1.54) is 0 Å². The zero-order valence-corrected chi connectivity index (χ0v) is 12.2. The van der Waals surface area contributed by atoms with Crippen LogP contribution in [0.3, 0.4) is 0 Å². The Morgan fingerprint density at radius 3 is 2.85 bits per heavy atom. The zero-order chi connectivity index (χ0) is 14.4. The summed E-state index contributed by atoms with van der Waals surface area (Å²) < 4.78 is 13.3. The molecule has 0 spiro atoms. The summed E-state index contributed by atoms with van der Waals surface area (Å²) in [6, 6.07) is 5.92. The van der Waals surface area contributed by atoms with E-state index in [0.29, 0.717) is 6.61 Å². The SMILES string of the molecule is CCNCc1cccc(OC)c1OCc1nccn1C. The van der Waals surface area contributed by atoms with Gasteiger partial charge in [-0.15, -0.1) is 0 Å². The average Bonchev–Trinajstić information content (AvgIpc) is 2.88. The Balaban J connectivity index is 2.17. The molecular weight excluding hydrogens is 254 g/mol. The van der Waals surface area contributed by atoms with E-state index in [0.717, 1.165) is 36.0 Å². The number of para-hydroxylation sites is 1. The van der Waals surface area contributed by atoms with Gasteiger partial charge in [0.2, 0.25) is 0 Å². The van der Waals surface area contributed by atoms with E-state index in [1.54, 1.807) is 13.3 Å². The third-order valence-electron chi connectivity index (χ3n) is 3.11. The molecule has 2 aromatic rings. The van der Waals surface area contributed by atoms with Gasteiger partial charge in [0.1, 0.15) is 12.4 Å². The number of aromatic nitrogens is 2. The Bertz CT molecular complexity index is 552. The molecule has 0 saturated carbocycles. The second-order valence-corrected chi connectivity index (χ2v) is 4.47. The molecule has 20 heavy (non-hydrogen) atoms. The molecule has 1 N–H and O–H groups in total. The fraction of sp³-hybridized carbons (Fsp3) is 0.400. The van der Waals surface area contributed by atoms with Crippen molar-refractivity contribution in [2.45, 2.75) is 20.1 Å². The summed E-state index contributed by atoms with van der Waals surface area (Å²) in [5.41, 5.74) is 1.08. The molecule has 0 saturated heterocycles. The van der Waals surface area contributed by atoms with Crippen molar-refractivity contribution in [1.29, 1.82) is 0 Å². The molecule has 0 radical (unpaired) electrons. The van der Waals surface area contributed by atoms with Gasteiger partial charge in [0.05, 0.1) is 7.11 Å². The second-order valence-electron chi connectivity index (χ2n) is 4.47. The molecule has 0 amide bonds. The lowest BCUT2D eigenvalue weighted by atomic mass is 10.2. The Kier molecular flexibility index (Phi) is 5.01. The number of imidazole rings is 1. The summed E-state index contributed by atoms with van der Waals surface area (Å²) in [7, 11) is 3.60. The summed E-state index contributed by atoms with van der Waals surface area (Å²) in [4.78, 5) is 4.26. The Labute approximate surface area is 119 Å². The molecule has 1 aromatic carbocycles. The molecule has 0 atom stereocenters. The predicted molar refractivity (Wildman–Crippen MR) is 77.9 cm³/mol. The first-order valence-corrected chi connectivity index (χ1v) is 6.71. The standard InChI is InChI=1S/C15H21N3O2/c1-4-16-10-12-6-5-7-13(19-3)15(12)20-11-14-17-8-9-18(14)2/h5-9,16H,4,10-11H2,1-3H3. The highest BCUT2D eigenvalue weighted by Crippen LogP contribution is 2.31. The minimum atomic E-state index is 0.420. The summed E-state index contributed by atoms with van der Waals surface area (Å²) >= 11 is 0. The molecule has 108 valence electrons. The van der Waals surface area contributed by atoms with Gasteiger partial charge in [0.15, 0.2) is 11.5 Å². The van der Waals surface area contributed by atoms with Crippen LogP contribution in [0, 0.1) is 0 Å². The Morgan fingerprint density at radius 2 is 2.20 bits per heavy atom. The normalized spacial score (nSPS) is 10.6. The Morgan fingerprint density at radius 1 is 1.35 bits per heavy atom. The monoisotopic (exact) mass is 275 g/mol. The minimum absolute atomic E-state index is 0.420. The van der Waals surface area contributed by atoms with E-state index >= 15 is 0 Å². The van der Waals surface area contributed by atoms with Gasteiger partial charge in [-0.2, -0.15) is 0 Å². The van der Waals surface area contributed by atoms with Crippen LogP contribution in [0.2, 0.25) is 0 Å². The van der Waals surface area contributed by atoms with Gasteiger partial charge in [-0.05, 0) is 12.6 Å². The van der Waals surface area contributed by atoms with Crippen LogP contribution in [-0.4, -0.2) is 23.2 Å². The van der Waals surface area contributed by atoms with Crippen molar-refractivity contribution >= 4 is 0 Å². The lowest BCUT2D eigenvalue weighted by molar-refractivity contribution is 0.269. The summed E-state index contributed by atoms with van der Waals surface area (Å²) in [6.45, 7) is 4.16. The van der Waals surface area contributed by atoms with E-state index < -0.39 is 0 Å². The highest BCUT2D eigenvalue weighted by Gasteiger charge is 2.11. The maximum Gasteiger partial charge on any atom is 0.166 e. The number of ether oxygens (including phenoxy) is 2. The third-order valence-corrected chi connectivity index (χ3v) is 3.11. The quantitative estimate of drug-likeness (QED) is 0.841. The molecule has 5 heteroatoms. The van der Waals surface area contributed by atoms with Gasteiger partial charge in [0, 0.05) is 31.5 Å². The number of methoxy groups -OCH3 is 1. The van der Waals surface area contributed by atoms with Gasteiger partial charge in [-0.1, -0.05) is 19.1 Å². The molecule has 1 heterocycles. The number of hydrogen-bond donors (Lipinski definition) is 1. The van der Waals surface area contributed by atoms with Crippen LogP contribution in [0.5, 0.6) is 11.5 Å². The number of rotatable bonds is 7. The maximum absolute atomic E-state index is 5.93. The number of hydrogen-bond acceptors (Lipinski definition) is 4. The first-order chi connectivity index (χ1) is 9.76. The minimum Gasteiger partial charge on any atom is -0.493 e. The lowest BCUT2D eigenvalue weighted by Crippen LogP contribution is -2.13. The summed E-state index contributed by atoms with van der Waals surface area (Å²) in [5, 5.41) is 3.30. The van der Waals surface area contributed by atoms with E-state index in [-0.39, 0.29) is 0 Å². The van der Waals surface area contributed by atoms with E-state index in [9.17, 15) is 0 Å². The number of nitrogens with zero attached hydrogens (tertiary/aromatic N) is 2. The number of nitrogens with one attached hydrogen (secondary N) is 1. The average molecular weight is 275 g/mol. The van der Waals surface area contributed by atoms with Crippen molar-refractivity contribution in [3.05, 3.63) is 42.0 Å². The smallest absolute Gasteiger partial charge is 0.166 e. The highest BCUT2D eigenvalue weighted by molar-refractivity contribution is 5.46. The third kappa shape index (κ3) is 3.30. The van der Waals surface area contributed by atoms with Gasteiger partial charge in [-0.3, -0.25) is 0 Å². The molecule has 0 fully saturated rings. The van der Waals surface area contributed by atoms with Crippen molar-refractivity contribution in [2.24, 2.45) is 7.05 Å². The molecule has 0 aliphatic carbocycles. The summed E-state index contributed by atoms with van der Waals surface area (Å²) in [6.07, 6.45) is 3.67. The van der Waals surface area contributed by atoms with E-state index in [1.807, 2.05) is 36.0 Å². The van der Waals surface area contributed by atoms with Crippen molar-refractivity contribution in [3.63, 3.8) is 0 Å². The van der Waals surface area contributed by atoms with Crippen LogP contribution >= 0.6 is 0 Å². The van der Waals surface area contributed by atoms with Crippen LogP contribution < -0.4 is 14.8 Å². The fourth-order valence-corrected chi connectivity index (χ4v) is 1.96. The van der Waals surface area contributed by atoms with Crippen LogP contribution in [0.25, 0.3) is 0 Å². The molecule has 0 aliphatic rings. The van der Waals surface area contributed by atoms with E-state index in [2.05, 4.69) is 17.2 Å². The fourth-order valence-electron chi connectivity index (χ4n) is 1.96. The largest absolute Gasteiger partial charge is 0.493 e. The van der Waals surface area contributed by atoms with Gasteiger partial charge in [-0.25, -0.2) is 4.98 Å².